The smallest absolute Gasteiger partial charge is 0.164 e. The van der Waals surface area contributed by atoms with Crippen LogP contribution in [0.25, 0.3) is 0 Å². The van der Waals surface area contributed by atoms with Crippen molar-refractivity contribution >= 4 is 11.6 Å². The maximum Gasteiger partial charge on any atom is 0.164 e. The lowest BCUT2D eigenvalue weighted by Gasteiger charge is -2.17. The Morgan fingerprint density at radius 1 is 1.56 bits per heavy atom. The first-order valence-corrected chi connectivity index (χ1v) is 5.25. The molecule has 0 aliphatic heterocycles. The fraction of sp³-hybridized carbons (Fsp3) is 0.500. The standard InChI is InChI=1S/C10H14ClFN2O2/c1-13-3-2-8(15)9(16)6-4-7(12)10(11)14-5-6/h4-5,8-9,13,15-16H,2-3H2,1H3. The number of hydrogen-bond acceptors (Lipinski definition) is 4. The minimum atomic E-state index is -1.16. The average molecular weight is 249 g/mol. The average Bonchev–Trinajstić information content (AvgIpc) is 2.28. The number of halogens is 2. The van der Waals surface area contributed by atoms with Crippen molar-refractivity contribution in [2.24, 2.45) is 0 Å². The Balaban J connectivity index is 2.71. The van der Waals surface area contributed by atoms with E-state index in [0.717, 1.165) is 6.07 Å². The second-order valence-corrected chi connectivity index (χ2v) is 3.80. The third-order valence-corrected chi connectivity index (χ3v) is 2.49. The summed E-state index contributed by atoms with van der Waals surface area (Å²) in [5, 5.41) is 21.9. The molecular weight excluding hydrogens is 235 g/mol. The summed E-state index contributed by atoms with van der Waals surface area (Å²) in [6.07, 6.45) is -0.511. The fourth-order valence-electron chi connectivity index (χ4n) is 1.27. The molecule has 6 heteroatoms. The SMILES string of the molecule is CNCCC(O)C(O)c1cnc(Cl)c(F)c1. The molecule has 3 N–H and O–H groups in total. The van der Waals surface area contributed by atoms with Crippen LogP contribution in [0.15, 0.2) is 12.3 Å². The van der Waals surface area contributed by atoms with Crippen LogP contribution in [-0.2, 0) is 0 Å². The highest BCUT2D eigenvalue weighted by Gasteiger charge is 2.19. The molecule has 0 aliphatic rings. The summed E-state index contributed by atoms with van der Waals surface area (Å²) >= 11 is 5.41. The van der Waals surface area contributed by atoms with Crippen molar-refractivity contribution in [3.8, 4) is 0 Å². The molecule has 0 fully saturated rings. The topological polar surface area (TPSA) is 65.4 Å². The van der Waals surface area contributed by atoms with Gasteiger partial charge in [-0.3, -0.25) is 0 Å². The molecule has 1 rings (SSSR count). The Hall–Kier alpha value is -0.750. The minimum absolute atomic E-state index is 0.213. The van der Waals surface area contributed by atoms with Gasteiger partial charge in [0.2, 0.25) is 0 Å². The lowest BCUT2D eigenvalue weighted by atomic mass is 10.0. The minimum Gasteiger partial charge on any atom is -0.390 e. The molecule has 1 heterocycles. The number of nitrogens with one attached hydrogen (secondary N) is 1. The predicted octanol–water partition coefficient (Wildman–Crippen LogP) is 0.878. The highest BCUT2D eigenvalue weighted by molar-refractivity contribution is 6.29. The van der Waals surface area contributed by atoms with Crippen molar-refractivity contribution in [2.45, 2.75) is 18.6 Å². The van der Waals surface area contributed by atoms with Crippen LogP contribution in [0.5, 0.6) is 0 Å². The molecule has 0 bridgehead atoms. The zero-order chi connectivity index (χ0) is 12.1. The molecule has 0 amide bonds. The van der Waals surface area contributed by atoms with Crippen LogP contribution in [0.3, 0.4) is 0 Å². The quantitative estimate of drug-likeness (QED) is 0.677. The molecule has 0 aliphatic carbocycles. The van der Waals surface area contributed by atoms with E-state index in [1.807, 2.05) is 0 Å². The van der Waals surface area contributed by atoms with E-state index in [4.69, 9.17) is 11.6 Å². The fourth-order valence-corrected chi connectivity index (χ4v) is 1.37. The van der Waals surface area contributed by atoms with E-state index in [1.54, 1.807) is 7.05 Å². The van der Waals surface area contributed by atoms with Gasteiger partial charge < -0.3 is 15.5 Å². The van der Waals surface area contributed by atoms with Gasteiger partial charge >= 0.3 is 0 Å². The number of rotatable bonds is 5. The van der Waals surface area contributed by atoms with Gasteiger partial charge in [-0.2, -0.15) is 0 Å². The summed E-state index contributed by atoms with van der Waals surface area (Å²) in [5.74, 6) is -0.709. The summed E-state index contributed by atoms with van der Waals surface area (Å²) in [7, 11) is 1.74. The Morgan fingerprint density at radius 2 is 2.25 bits per heavy atom. The Bertz CT molecular complexity index is 352. The van der Waals surface area contributed by atoms with Crippen LogP contribution in [0.4, 0.5) is 4.39 Å². The summed E-state index contributed by atoms with van der Waals surface area (Å²) < 4.78 is 13.1. The monoisotopic (exact) mass is 248 g/mol. The van der Waals surface area contributed by atoms with Crippen LogP contribution in [0, 0.1) is 5.82 Å². The first-order valence-electron chi connectivity index (χ1n) is 4.88. The van der Waals surface area contributed by atoms with Crippen molar-refractivity contribution in [2.75, 3.05) is 13.6 Å². The zero-order valence-electron chi connectivity index (χ0n) is 8.82. The maximum absolute atomic E-state index is 13.1. The van der Waals surface area contributed by atoms with Crippen LogP contribution in [0.2, 0.25) is 5.15 Å². The Morgan fingerprint density at radius 3 is 2.81 bits per heavy atom. The van der Waals surface area contributed by atoms with Gasteiger partial charge in [0.05, 0.1) is 6.10 Å². The second-order valence-electron chi connectivity index (χ2n) is 3.45. The number of aliphatic hydroxyl groups is 2. The second kappa shape index (κ2) is 6.10. The highest BCUT2D eigenvalue weighted by atomic mass is 35.5. The maximum atomic E-state index is 13.1. The van der Waals surface area contributed by atoms with Crippen LogP contribution >= 0.6 is 11.6 Å². The van der Waals surface area contributed by atoms with Crippen molar-refractivity contribution in [1.82, 2.24) is 10.3 Å². The van der Waals surface area contributed by atoms with Crippen molar-refractivity contribution in [3.05, 3.63) is 28.8 Å². The number of nitrogens with zero attached hydrogens (tertiary/aromatic N) is 1. The summed E-state index contributed by atoms with van der Waals surface area (Å²) in [4.78, 5) is 3.57. The van der Waals surface area contributed by atoms with Gasteiger partial charge in [-0.05, 0) is 26.1 Å². The lowest BCUT2D eigenvalue weighted by molar-refractivity contribution is 0.0137. The Kier molecular flexibility index (Phi) is 5.08. The van der Waals surface area contributed by atoms with Crippen molar-refractivity contribution < 1.29 is 14.6 Å². The van der Waals surface area contributed by atoms with E-state index < -0.39 is 18.0 Å². The van der Waals surface area contributed by atoms with Gasteiger partial charge in [0.25, 0.3) is 0 Å². The van der Waals surface area contributed by atoms with Gasteiger partial charge in [-0.25, -0.2) is 9.37 Å². The summed E-state index contributed by atoms with van der Waals surface area (Å²) in [6.45, 7) is 0.557. The molecule has 2 unspecified atom stereocenters. The van der Waals surface area contributed by atoms with E-state index in [0.29, 0.717) is 13.0 Å². The van der Waals surface area contributed by atoms with E-state index in [9.17, 15) is 14.6 Å². The van der Waals surface area contributed by atoms with Gasteiger partial charge in [0.1, 0.15) is 6.10 Å². The molecule has 90 valence electrons. The van der Waals surface area contributed by atoms with Gasteiger partial charge in [-0.15, -0.1) is 0 Å². The molecule has 1 aromatic heterocycles. The molecular formula is C10H14ClFN2O2. The first kappa shape index (κ1) is 13.3. The largest absolute Gasteiger partial charge is 0.390 e. The number of aliphatic hydroxyl groups excluding tert-OH is 2. The molecule has 0 saturated carbocycles. The molecule has 0 aromatic carbocycles. The molecule has 4 nitrogen and oxygen atoms in total. The zero-order valence-corrected chi connectivity index (χ0v) is 9.58. The third kappa shape index (κ3) is 3.38. The first-order chi connectivity index (χ1) is 7.56. The molecule has 0 spiro atoms. The third-order valence-electron chi connectivity index (χ3n) is 2.21. The van der Waals surface area contributed by atoms with Gasteiger partial charge in [0.15, 0.2) is 11.0 Å². The van der Waals surface area contributed by atoms with Crippen molar-refractivity contribution in [3.63, 3.8) is 0 Å². The van der Waals surface area contributed by atoms with E-state index in [1.165, 1.54) is 6.20 Å². The lowest BCUT2D eigenvalue weighted by Crippen LogP contribution is -2.23. The van der Waals surface area contributed by atoms with Gasteiger partial charge in [0, 0.05) is 11.8 Å². The molecule has 1 aromatic rings. The van der Waals surface area contributed by atoms with Crippen LogP contribution < -0.4 is 5.32 Å². The van der Waals surface area contributed by atoms with Gasteiger partial charge in [-0.1, -0.05) is 11.6 Å². The van der Waals surface area contributed by atoms with Crippen LogP contribution in [0.1, 0.15) is 18.1 Å². The molecule has 16 heavy (non-hydrogen) atoms. The van der Waals surface area contributed by atoms with E-state index in [2.05, 4.69) is 10.3 Å². The highest BCUT2D eigenvalue weighted by Crippen LogP contribution is 2.21. The van der Waals surface area contributed by atoms with E-state index >= 15 is 0 Å². The number of hydrogen-bond donors (Lipinski definition) is 3. The van der Waals surface area contributed by atoms with Crippen LogP contribution in [-0.4, -0.2) is 34.9 Å². The predicted molar refractivity (Wildman–Crippen MR) is 58.7 cm³/mol. The molecule has 2 atom stereocenters. The number of pyridine rings is 1. The van der Waals surface area contributed by atoms with Crippen molar-refractivity contribution in [1.29, 1.82) is 0 Å². The molecule has 0 radical (unpaired) electrons. The van der Waals surface area contributed by atoms with E-state index in [-0.39, 0.29) is 10.7 Å². The molecule has 0 saturated heterocycles. The normalized spacial score (nSPS) is 14.8. The summed E-state index contributed by atoms with van der Waals surface area (Å²) in [5.41, 5.74) is 0.213. The number of aromatic nitrogens is 1. The summed E-state index contributed by atoms with van der Waals surface area (Å²) in [6, 6.07) is 1.07. The Labute approximate surface area is 98.1 Å².